The van der Waals surface area contributed by atoms with Gasteiger partial charge in [-0.25, -0.2) is 0 Å². The van der Waals surface area contributed by atoms with Crippen LogP contribution in [-0.2, 0) is 0 Å². The van der Waals surface area contributed by atoms with Gasteiger partial charge in [0.15, 0.2) is 0 Å². The maximum absolute atomic E-state index is 2.25. The van der Waals surface area contributed by atoms with Crippen LogP contribution in [0.15, 0.2) is 11.5 Å². The lowest BCUT2D eigenvalue weighted by atomic mass is 9.98. The third-order valence-electron chi connectivity index (χ3n) is 0.990. The van der Waals surface area contributed by atoms with E-state index in [-0.39, 0.29) is 0 Å². The maximum atomic E-state index is 2.25. The first-order chi connectivity index (χ1) is 4.71. The smallest absolute Gasteiger partial charge is 0.0116 e. The van der Waals surface area contributed by atoms with E-state index in [9.17, 15) is 0 Å². The van der Waals surface area contributed by atoms with Crippen molar-refractivity contribution in [2.24, 2.45) is 5.41 Å². The minimum atomic E-state index is 0.318. The molecule has 0 radical (unpaired) electrons. The van der Waals surface area contributed by atoms with Crippen molar-refractivity contribution < 1.29 is 0 Å². The van der Waals surface area contributed by atoms with Gasteiger partial charge in [0.25, 0.3) is 0 Å². The molecule has 0 fully saturated rings. The molecule has 0 aliphatic heterocycles. The molecule has 0 bridgehead atoms. The lowest BCUT2D eigenvalue weighted by Crippen LogP contribution is -2.05. The molecule has 0 rings (SSSR count). The lowest BCUT2D eigenvalue weighted by molar-refractivity contribution is 0.545. The minimum absolute atomic E-state index is 0.318. The van der Waals surface area contributed by atoms with Crippen LogP contribution in [0.4, 0.5) is 0 Å². The van der Waals surface area contributed by atoms with Crippen molar-refractivity contribution in [1.29, 1.82) is 0 Å². The Morgan fingerprint density at radius 3 is 1.64 bits per heavy atom. The van der Waals surface area contributed by atoms with E-state index in [1.807, 2.05) is 11.8 Å². The van der Waals surface area contributed by atoms with Gasteiger partial charge in [0.1, 0.15) is 0 Å². The molecule has 0 aromatic carbocycles. The van der Waals surface area contributed by atoms with Crippen molar-refractivity contribution in [3.63, 3.8) is 0 Å². The van der Waals surface area contributed by atoms with Crippen LogP contribution >= 0.6 is 11.8 Å². The van der Waals surface area contributed by atoms with Crippen molar-refractivity contribution in [1.82, 2.24) is 0 Å². The predicted molar refractivity (Wildman–Crippen MR) is 55.9 cm³/mol. The summed E-state index contributed by atoms with van der Waals surface area (Å²) in [6, 6.07) is 0. The van der Waals surface area contributed by atoms with Crippen LogP contribution in [0, 0.1) is 5.41 Å². The van der Waals surface area contributed by atoms with Crippen molar-refractivity contribution in [2.45, 2.75) is 46.3 Å². The van der Waals surface area contributed by atoms with Gasteiger partial charge < -0.3 is 0 Å². The molecule has 0 N–H and O–H groups in total. The van der Waals surface area contributed by atoms with Gasteiger partial charge >= 0.3 is 0 Å². The summed E-state index contributed by atoms with van der Waals surface area (Å²) in [5, 5.41) is 2.21. The molecule has 0 aliphatic rings. The zero-order chi connectivity index (χ0) is 9.12. The number of rotatable bonds is 1. The highest BCUT2D eigenvalue weighted by Crippen LogP contribution is 2.26. The Bertz CT molecular complexity index is 132. The van der Waals surface area contributed by atoms with E-state index in [0.717, 1.165) is 0 Å². The van der Waals surface area contributed by atoms with Gasteiger partial charge in [0.2, 0.25) is 0 Å². The van der Waals surface area contributed by atoms with Crippen molar-refractivity contribution in [3.8, 4) is 0 Å². The van der Waals surface area contributed by atoms with Crippen LogP contribution in [0.25, 0.3) is 0 Å². The molecule has 11 heavy (non-hydrogen) atoms. The highest BCUT2D eigenvalue weighted by atomic mass is 32.2. The number of allylic oxidation sites excluding steroid dienone is 1. The summed E-state index contributed by atoms with van der Waals surface area (Å²) in [4.78, 5) is 0. The second kappa shape index (κ2) is 3.66. The third kappa shape index (κ3) is 10.1. The fourth-order valence-electron chi connectivity index (χ4n) is 0.442. The summed E-state index contributed by atoms with van der Waals surface area (Å²) < 4.78 is 0.349. The van der Waals surface area contributed by atoms with Gasteiger partial charge in [-0.1, -0.05) is 47.6 Å². The van der Waals surface area contributed by atoms with Gasteiger partial charge in [-0.15, -0.1) is 11.8 Å². The summed E-state index contributed by atoms with van der Waals surface area (Å²) in [7, 11) is 0. The summed E-state index contributed by atoms with van der Waals surface area (Å²) >= 11 is 1.88. The normalized spacial score (nSPS) is 14.4. The average molecular weight is 172 g/mol. The molecule has 0 saturated carbocycles. The lowest BCUT2D eigenvalue weighted by Gasteiger charge is -2.16. The van der Waals surface area contributed by atoms with Crippen LogP contribution in [0.3, 0.4) is 0 Å². The third-order valence-corrected chi connectivity index (χ3v) is 1.97. The Balaban J connectivity index is 3.80. The molecule has 0 heterocycles. The summed E-state index contributed by atoms with van der Waals surface area (Å²) in [6.07, 6.45) is 2.25. The molecule has 0 unspecified atom stereocenters. The number of hydrogen-bond donors (Lipinski definition) is 0. The minimum Gasteiger partial charge on any atom is -0.128 e. The Hall–Kier alpha value is 0.0900. The zero-order valence-electron chi connectivity index (χ0n) is 8.56. The Morgan fingerprint density at radius 1 is 0.909 bits per heavy atom. The summed E-state index contributed by atoms with van der Waals surface area (Å²) in [5.41, 5.74) is 0.318. The van der Waals surface area contributed by atoms with E-state index >= 15 is 0 Å². The zero-order valence-corrected chi connectivity index (χ0v) is 9.38. The quantitative estimate of drug-likeness (QED) is 0.574. The van der Waals surface area contributed by atoms with E-state index in [1.54, 1.807) is 0 Å². The van der Waals surface area contributed by atoms with Crippen molar-refractivity contribution in [2.75, 3.05) is 0 Å². The Labute approximate surface area is 75.5 Å². The van der Waals surface area contributed by atoms with Crippen LogP contribution in [0.2, 0.25) is 0 Å². The van der Waals surface area contributed by atoms with Gasteiger partial charge in [0.05, 0.1) is 0 Å². The SMILES string of the molecule is CC(C)(C)/C=C\SC(C)(C)C. The van der Waals surface area contributed by atoms with Gasteiger partial charge in [0, 0.05) is 4.75 Å². The van der Waals surface area contributed by atoms with E-state index in [2.05, 4.69) is 53.0 Å². The molecule has 0 aromatic heterocycles. The van der Waals surface area contributed by atoms with Crippen LogP contribution in [-0.4, -0.2) is 4.75 Å². The Kier molecular flexibility index (Phi) is 3.69. The first kappa shape index (κ1) is 11.1. The van der Waals surface area contributed by atoms with E-state index < -0.39 is 0 Å². The average Bonchev–Trinajstić information content (AvgIpc) is 1.55. The highest BCUT2D eigenvalue weighted by Gasteiger charge is 2.09. The first-order valence-electron chi connectivity index (χ1n) is 4.06. The highest BCUT2D eigenvalue weighted by molar-refractivity contribution is 8.03. The van der Waals surface area contributed by atoms with E-state index in [1.165, 1.54) is 0 Å². The summed E-state index contributed by atoms with van der Waals surface area (Å²) in [6.45, 7) is 13.3. The van der Waals surface area contributed by atoms with Crippen molar-refractivity contribution in [3.05, 3.63) is 11.5 Å². The van der Waals surface area contributed by atoms with Crippen LogP contribution < -0.4 is 0 Å². The van der Waals surface area contributed by atoms with E-state index in [4.69, 9.17) is 0 Å². The standard InChI is InChI=1S/C10H20S/c1-9(2,3)7-8-11-10(4,5)6/h7-8H,1-6H3/b8-7-. The molecule has 66 valence electrons. The molecule has 0 amide bonds. The topological polar surface area (TPSA) is 0 Å². The molecule has 0 saturated heterocycles. The second-order valence-corrected chi connectivity index (χ2v) is 6.63. The second-order valence-electron chi connectivity index (χ2n) is 4.90. The first-order valence-corrected chi connectivity index (χ1v) is 4.94. The molecular formula is C10H20S. The Morgan fingerprint density at radius 2 is 1.36 bits per heavy atom. The van der Waals surface area contributed by atoms with Gasteiger partial charge in [-0.2, -0.15) is 0 Å². The fourth-order valence-corrected chi connectivity index (χ4v) is 1.33. The monoisotopic (exact) mass is 172 g/mol. The predicted octanol–water partition coefficient (Wildman–Crippen LogP) is 4.08. The molecule has 0 aromatic rings. The number of thioether (sulfide) groups is 1. The molecule has 0 aliphatic carbocycles. The molecule has 0 atom stereocenters. The van der Waals surface area contributed by atoms with Crippen molar-refractivity contribution >= 4 is 11.8 Å². The van der Waals surface area contributed by atoms with Gasteiger partial charge in [-0.05, 0) is 10.8 Å². The molecular weight excluding hydrogens is 152 g/mol. The largest absolute Gasteiger partial charge is 0.128 e. The van der Waals surface area contributed by atoms with E-state index in [0.29, 0.717) is 10.2 Å². The maximum Gasteiger partial charge on any atom is 0.0116 e. The van der Waals surface area contributed by atoms with Crippen LogP contribution in [0.5, 0.6) is 0 Å². The van der Waals surface area contributed by atoms with Crippen LogP contribution in [0.1, 0.15) is 41.5 Å². The molecule has 0 spiro atoms. The molecule has 0 nitrogen and oxygen atoms in total. The molecule has 1 heteroatoms. The fraction of sp³-hybridized carbons (Fsp3) is 0.800. The van der Waals surface area contributed by atoms with Gasteiger partial charge in [-0.3, -0.25) is 0 Å². The number of hydrogen-bond acceptors (Lipinski definition) is 1. The summed E-state index contributed by atoms with van der Waals surface area (Å²) in [5.74, 6) is 0.